The maximum Gasteiger partial charge on any atom is 0.338 e. The lowest BCUT2D eigenvalue weighted by molar-refractivity contribution is 0.0697. The minimum atomic E-state index is -1.07. The van der Waals surface area contributed by atoms with E-state index in [1.165, 1.54) is 4.57 Å². The summed E-state index contributed by atoms with van der Waals surface area (Å²) in [7, 11) is 0. The van der Waals surface area contributed by atoms with Crippen LogP contribution in [-0.4, -0.2) is 15.6 Å². The molecular formula is C17H11BrClNO3. The summed E-state index contributed by atoms with van der Waals surface area (Å²) < 4.78 is 1.41. The molecular weight excluding hydrogens is 382 g/mol. The van der Waals surface area contributed by atoms with Crippen LogP contribution in [0.3, 0.4) is 0 Å². The number of aromatic nitrogens is 1. The summed E-state index contributed by atoms with van der Waals surface area (Å²) in [6.07, 6.45) is 0. The van der Waals surface area contributed by atoms with Crippen molar-refractivity contribution in [2.24, 2.45) is 0 Å². The maximum absolute atomic E-state index is 12.9. The van der Waals surface area contributed by atoms with Gasteiger partial charge in [-0.2, -0.15) is 0 Å². The van der Waals surface area contributed by atoms with E-state index in [1.807, 2.05) is 0 Å². The molecule has 116 valence electrons. The number of fused-ring (bicyclic) bond motifs is 1. The first-order valence-electron chi connectivity index (χ1n) is 6.76. The Hall–Kier alpha value is -2.11. The summed E-state index contributed by atoms with van der Waals surface area (Å²) in [5.41, 5.74) is 0.819. The number of aromatic carboxylic acids is 1. The largest absolute Gasteiger partial charge is 0.478 e. The van der Waals surface area contributed by atoms with E-state index in [-0.39, 0.29) is 16.5 Å². The number of carboxylic acids is 1. The van der Waals surface area contributed by atoms with Crippen LogP contribution in [0.25, 0.3) is 16.5 Å². The van der Waals surface area contributed by atoms with E-state index in [2.05, 4.69) is 15.9 Å². The number of pyridine rings is 1. The molecule has 0 atom stereocenters. The minimum Gasteiger partial charge on any atom is -0.478 e. The van der Waals surface area contributed by atoms with Crippen LogP contribution in [0.1, 0.15) is 16.1 Å². The third-order valence-electron chi connectivity index (χ3n) is 3.61. The Labute approximate surface area is 145 Å². The van der Waals surface area contributed by atoms with Crippen molar-refractivity contribution in [1.82, 2.24) is 4.57 Å². The number of rotatable bonds is 3. The van der Waals surface area contributed by atoms with Gasteiger partial charge in [-0.1, -0.05) is 45.7 Å². The van der Waals surface area contributed by atoms with Gasteiger partial charge in [0.1, 0.15) is 0 Å². The van der Waals surface area contributed by atoms with E-state index in [0.29, 0.717) is 27.2 Å². The van der Waals surface area contributed by atoms with Gasteiger partial charge in [0.25, 0.3) is 5.56 Å². The van der Waals surface area contributed by atoms with Crippen LogP contribution in [0.5, 0.6) is 0 Å². The highest BCUT2D eigenvalue weighted by molar-refractivity contribution is 9.08. The highest BCUT2D eigenvalue weighted by Crippen LogP contribution is 2.24. The number of hydrogen-bond donors (Lipinski definition) is 1. The Morgan fingerprint density at radius 2 is 1.70 bits per heavy atom. The average molecular weight is 393 g/mol. The molecule has 2 aromatic carbocycles. The lowest BCUT2D eigenvalue weighted by Crippen LogP contribution is -2.25. The van der Waals surface area contributed by atoms with Gasteiger partial charge in [0.15, 0.2) is 0 Å². The molecule has 0 aliphatic rings. The van der Waals surface area contributed by atoms with Gasteiger partial charge in [-0.15, -0.1) is 0 Å². The summed E-state index contributed by atoms with van der Waals surface area (Å²) >= 11 is 9.21. The monoisotopic (exact) mass is 391 g/mol. The molecule has 6 heteroatoms. The van der Waals surface area contributed by atoms with Gasteiger partial charge in [0.2, 0.25) is 0 Å². The molecule has 3 aromatic rings. The zero-order chi connectivity index (χ0) is 16.6. The molecule has 1 aromatic heterocycles. The lowest BCUT2D eigenvalue weighted by Gasteiger charge is -2.16. The van der Waals surface area contributed by atoms with E-state index in [9.17, 15) is 14.7 Å². The first-order valence-corrected chi connectivity index (χ1v) is 8.26. The van der Waals surface area contributed by atoms with Crippen LogP contribution >= 0.6 is 27.5 Å². The standard InChI is InChI=1S/C17H11BrClNO3/c18-9-14-15(17(22)23)12-3-1-2-4-13(12)16(21)20(14)11-7-5-10(19)6-8-11/h1-8H,9H2,(H,22,23). The van der Waals surface area contributed by atoms with Gasteiger partial charge in [-0.25, -0.2) is 4.79 Å². The molecule has 0 unspecified atom stereocenters. The Bertz CT molecular complexity index is 964. The Kier molecular flexibility index (Phi) is 4.24. The number of benzene rings is 2. The van der Waals surface area contributed by atoms with Crippen LogP contribution in [0.4, 0.5) is 0 Å². The highest BCUT2D eigenvalue weighted by atomic mass is 79.9. The van der Waals surface area contributed by atoms with Crippen molar-refractivity contribution in [3.8, 4) is 5.69 Å². The fourth-order valence-electron chi connectivity index (χ4n) is 2.63. The van der Waals surface area contributed by atoms with Crippen LogP contribution in [0, 0.1) is 0 Å². The van der Waals surface area contributed by atoms with Gasteiger partial charge < -0.3 is 5.11 Å². The van der Waals surface area contributed by atoms with Gasteiger partial charge in [-0.3, -0.25) is 9.36 Å². The number of nitrogens with zero attached hydrogens (tertiary/aromatic N) is 1. The quantitative estimate of drug-likeness (QED) is 0.678. The molecule has 23 heavy (non-hydrogen) atoms. The van der Waals surface area contributed by atoms with Crippen LogP contribution in [-0.2, 0) is 5.33 Å². The van der Waals surface area contributed by atoms with Gasteiger partial charge in [-0.05, 0) is 30.3 Å². The summed E-state index contributed by atoms with van der Waals surface area (Å²) in [4.78, 5) is 24.7. The molecule has 0 saturated carbocycles. The summed E-state index contributed by atoms with van der Waals surface area (Å²) in [5.74, 6) is -1.07. The second-order valence-electron chi connectivity index (χ2n) is 4.92. The number of halogens is 2. The molecule has 0 radical (unpaired) electrons. The Morgan fingerprint density at radius 3 is 2.26 bits per heavy atom. The maximum atomic E-state index is 12.9. The Morgan fingerprint density at radius 1 is 1.09 bits per heavy atom. The number of carboxylic acid groups (broad SMARTS) is 1. The molecule has 0 fully saturated rings. The molecule has 0 saturated heterocycles. The molecule has 0 bridgehead atoms. The second kappa shape index (κ2) is 6.18. The first kappa shape index (κ1) is 15.8. The smallest absolute Gasteiger partial charge is 0.338 e. The summed E-state index contributed by atoms with van der Waals surface area (Å²) in [6, 6.07) is 13.4. The molecule has 0 amide bonds. The molecule has 4 nitrogen and oxygen atoms in total. The van der Waals surface area contributed by atoms with E-state index >= 15 is 0 Å². The van der Waals surface area contributed by atoms with E-state index < -0.39 is 5.97 Å². The lowest BCUT2D eigenvalue weighted by atomic mass is 10.0. The van der Waals surface area contributed by atoms with Gasteiger partial charge >= 0.3 is 5.97 Å². The predicted octanol–water partition coefficient (Wildman–Crippen LogP) is 4.24. The van der Waals surface area contributed by atoms with E-state index in [1.54, 1.807) is 48.5 Å². The minimum absolute atomic E-state index is 0.118. The summed E-state index contributed by atoms with van der Waals surface area (Å²) in [5, 5.41) is 11.2. The van der Waals surface area contributed by atoms with Crippen molar-refractivity contribution >= 4 is 44.3 Å². The second-order valence-corrected chi connectivity index (χ2v) is 5.92. The zero-order valence-corrected chi connectivity index (χ0v) is 14.1. The number of carbonyl (C=O) groups is 1. The van der Waals surface area contributed by atoms with Crippen molar-refractivity contribution in [3.63, 3.8) is 0 Å². The SMILES string of the molecule is O=C(O)c1c(CBr)n(-c2ccc(Cl)cc2)c(=O)c2ccccc12. The van der Waals surface area contributed by atoms with Crippen molar-refractivity contribution < 1.29 is 9.90 Å². The number of alkyl halides is 1. The third kappa shape index (κ3) is 2.66. The summed E-state index contributed by atoms with van der Waals surface area (Å²) in [6.45, 7) is 0. The van der Waals surface area contributed by atoms with Crippen LogP contribution in [0.2, 0.25) is 5.02 Å². The van der Waals surface area contributed by atoms with Crippen molar-refractivity contribution in [1.29, 1.82) is 0 Å². The third-order valence-corrected chi connectivity index (χ3v) is 4.40. The normalized spacial score (nSPS) is 10.9. The average Bonchev–Trinajstić information content (AvgIpc) is 2.55. The predicted molar refractivity (Wildman–Crippen MR) is 94.1 cm³/mol. The van der Waals surface area contributed by atoms with Crippen LogP contribution in [0.15, 0.2) is 53.3 Å². The van der Waals surface area contributed by atoms with Crippen LogP contribution < -0.4 is 5.56 Å². The number of hydrogen-bond acceptors (Lipinski definition) is 2. The molecule has 1 N–H and O–H groups in total. The van der Waals surface area contributed by atoms with Crippen molar-refractivity contribution in [3.05, 3.63) is 75.2 Å². The fraction of sp³-hybridized carbons (Fsp3) is 0.0588. The van der Waals surface area contributed by atoms with E-state index in [0.717, 1.165) is 0 Å². The topological polar surface area (TPSA) is 59.3 Å². The molecule has 0 aliphatic heterocycles. The zero-order valence-electron chi connectivity index (χ0n) is 11.8. The first-order chi connectivity index (χ1) is 11.0. The molecule has 0 spiro atoms. The van der Waals surface area contributed by atoms with Gasteiger partial charge in [0, 0.05) is 26.8 Å². The molecule has 0 aliphatic carbocycles. The van der Waals surface area contributed by atoms with Crippen molar-refractivity contribution in [2.45, 2.75) is 5.33 Å². The van der Waals surface area contributed by atoms with Gasteiger partial charge in [0.05, 0.1) is 11.3 Å². The van der Waals surface area contributed by atoms with Crippen molar-refractivity contribution in [2.75, 3.05) is 0 Å². The fourth-order valence-corrected chi connectivity index (χ4v) is 3.28. The highest BCUT2D eigenvalue weighted by Gasteiger charge is 2.21. The van der Waals surface area contributed by atoms with E-state index in [4.69, 9.17) is 11.6 Å². The molecule has 3 rings (SSSR count). The Balaban J connectivity index is 2.50. The molecule has 1 heterocycles.